The Morgan fingerprint density at radius 1 is 1.12 bits per heavy atom. The van der Waals surface area contributed by atoms with Gasteiger partial charge in [-0.2, -0.15) is 0 Å². The van der Waals surface area contributed by atoms with Crippen LogP contribution in [0.25, 0.3) is 0 Å². The van der Waals surface area contributed by atoms with Gasteiger partial charge in [-0.3, -0.25) is 4.79 Å². The van der Waals surface area contributed by atoms with Gasteiger partial charge in [0, 0.05) is 52.7 Å². The topological polar surface area (TPSA) is 55.9 Å². The fraction of sp³-hybridized carbons (Fsp3) is 0.579. The van der Waals surface area contributed by atoms with Gasteiger partial charge in [0.15, 0.2) is 0 Å². The zero-order valence-corrected chi connectivity index (χ0v) is 15.6. The van der Waals surface area contributed by atoms with Crippen molar-refractivity contribution in [3.05, 3.63) is 35.9 Å². The van der Waals surface area contributed by atoms with E-state index in [0.29, 0.717) is 26.2 Å². The first-order valence-electron chi connectivity index (χ1n) is 8.96. The van der Waals surface area contributed by atoms with E-state index in [4.69, 9.17) is 0 Å². The number of hydrogen-bond acceptors (Lipinski definition) is 3. The van der Waals surface area contributed by atoms with Gasteiger partial charge in [-0.1, -0.05) is 30.3 Å². The van der Waals surface area contributed by atoms with Crippen LogP contribution < -0.4 is 5.32 Å². The molecule has 6 heteroatoms. The molecule has 0 saturated carbocycles. The highest BCUT2D eigenvalue weighted by Crippen LogP contribution is 2.20. The second-order valence-electron chi connectivity index (χ2n) is 6.75. The summed E-state index contributed by atoms with van der Waals surface area (Å²) in [7, 11) is 5.57. The lowest BCUT2D eigenvalue weighted by Crippen LogP contribution is -2.47. The Labute approximate surface area is 150 Å². The van der Waals surface area contributed by atoms with Crippen LogP contribution in [0.1, 0.15) is 18.4 Å². The zero-order valence-electron chi connectivity index (χ0n) is 15.6. The number of piperidine rings is 1. The predicted molar refractivity (Wildman–Crippen MR) is 99.2 cm³/mol. The van der Waals surface area contributed by atoms with Gasteiger partial charge in [-0.15, -0.1) is 0 Å². The number of hydrogen-bond donors (Lipinski definition) is 1. The van der Waals surface area contributed by atoms with E-state index in [1.807, 2.05) is 56.4 Å². The lowest BCUT2D eigenvalue weighted by molar-refractivity contribution is -0.135. The highest BCUT2D eigenvalue weighted by Gasteiger charge is 2.30. The SMILES string of the molecule is CNCCN(C)C(=O)C1CCN(C(=O)N(C)Cc2ccccc2)CC1. The van der Waals surface area contributed by atoms with Crippen LogP contribution in [0.15, 0.2) is 30.3 Å². The molecule has 1 heterocycles. The maximum Gasteiger partial charge on any atom is 0.320 e. The molecule has 6 nitrogen and oxygen atoms in total. The molecule has 2 rings (SSSR count). The minimum absolute atomic E-state index is 0.0327. The summed E-state index contributed by atoms with van der Waals surface area (Å²) in [6.45, 7) is 3.41. The van der Waals surface area contributed by atoms with Gasteiger partial charge in [0.05, 0.1) is 0 Å². The maximum atomic E-state index is 12.6. The van der Waals surface area contributed by atoms with Gasteiger partial charge in [-0.05, 0) is 25.5 Å². The van der Waals surface area contributed by atoms with Crippen LogP contribution in [-0.4, -0.2) is 74.0 Å². The number of nitrogens with zero attached hydrogens (tertiary/aromatic N) is 3. The molecular weight excluding hydrogens is 316 g/mol. The number of likely N-dealkylation sites (tertiary alicyclic amines) is 1. The van der Waals surface area contributed by atoms with Gasteiger partial charge >= 0.3 is 6.03 Å². The molecule has 25 heavy (non-hydrogen) atoms. The van der Waals surface area contributed by atoms with E-state index >= 15 is 0 Å². The van der Waals surface area contributed by atoms with E-state index in [9.17, 15) is 9.59 Å². The second-order valence-corrected chi connectivity index (χ2v) is 6.75. The van der Waals surface area contributed by atoms with E-state index in [1.54, 1.807) is 9.80 Å². The third kappa shape index (κ3) is 5.46. The summed E-state index contributed by atoms with van der Waals surface area (Å²) < 4.78 is 0. The summed E-state index contributed by atoms with van der Waals surface area (Å²) in [6.07, 6.45) is 1.49. The van der Waals surface area contributed by atoms with Crippen molar-refractivity contribution in [2.75, 3.05) is 47.3 Å². The van der Waals surface area contributed by atoms with E-state index in [2.05, 4.69) is 5.32 Å². The first-order valence-corrected chi connectivity index (χ1v) is 8.96. The van der Waals surface area contributed by atoms with Crippen molar-refractivity contribution in [3.63, 3.8) is 0 Å². The Kier molecular flexibility index (Phi) is 7.25. The summed E-state index contributed by atoms with van der Waals surface area (Å²) in [5.74, 6) is 0.227. The predicted octanol–water partition coefficient (Wildman–Crippen LogP) is 1.63. The maximum absolute atomic E-state index is 12.6. The first-order chi connectivity index (χ1) is 12.0. The van der Waals surface area contributed by atoms with E-state index in [1.165, 1.54) is 0 Å². The number of carbonyl (C=O) groups is 2. The number of rotatable bonds is 6. The average molecular weight is 346 g/mol. The van der Waals surface area contributed by atoms with E-state index < -0.39 is 0 Å². The van der Waals surface area contributed by atoms with Crippen LogP contribution in [0.5, 0.6) is 0 Å². The Morgan fingerprint density at radius 2 is 1.76 bits per heavy atom. The molecule has 1 aliphatic rings. The van der Waals surface area contributed by atoms with Crippen LogP contribution in [0.4, 0.5) is 4.79 Å². The van der Waals surface area contributed by atoms with Crippen molar-refractivity contribution in [1.82, 2.24) is 20.0 Å². The van der Waals surface area contributed by atoms with Gasteiger partial charge in [0.1, 0.15) is 0 Å². The summed E-state index contributed by atoms with van der Waals surface area (Å²) in [5.41, 5.74) is 1.12. The molecule has 0 spiro atoms. The van der Waals surface area contributed by atoms with Crippen molar-refractivity contribution in [2.45, 2.75) is 19.4 Å². The van der Waals surface area contributed by atoms with E-state index in [0.717, 1.165) is 24.9 Å². The monoisotopic (exact) mass is 346 g/mol. The Balaban J connectivity index is 1.80. The number of nitrogens with one attached hydrogen (secondary N) is 1. The second kappa shape index (κ2) is 9.42. The van der Waals surface area contributed by atoms with Gasteiger partial charge < -0.3 is 20.0 Å². The fourth-order valence-electron chi connectivity index (χ4n) is 3.19. The molecule has 138 valence electrons. The molecule has 3 amide bonds. The molecule has 1 aromatic carbocycles. The number of carbonyl (C=O) groups excluding carboxylic acids is 2. The average Bonchev–Trinajstić information content (AvgIpc) is 2.65. The molecule has 0 aromatic heterocycles. The number of urea groups is 1. The first kappa shape index (κ1) is 19.2. The molecule has 1 aromatic rings. The summed E-state index contributed by atoms with van der Waals surface area (Å²) in [6, 6.07) is 10.0. The van der Waals surface area contributed by atoms with Crippen molar-refractivity contribution in [3.8, 4) is 0 Å². The molecule has 0 atom stereocenters. The number of amides is 3. The van der Waals surface area contributed by atoms with Gasteiger partial charge in [0.2, 0.25) is 5.91 Å². The van der Waals surface area contributed by atoms with Gasteiger partial charge in [0.25, 0.3) is 0 Å². The van der Waals surface area contributed by atoms with E-state index in [-0.39, 0.29) is 17.9 Å². The third-order valence-electron chi connectivity index (χ3n) is 4.78. The highest BCUT2D eigenvalue weighted by molar-refractivity contribution is 5.79. The molecule has 0 aliphatic carbocycles. The van der Waals surface area contributed by atoms with Crippen LogP contribution in [0.2, 0.25) is 0 Å². The molecule has 0 unspecified atom stereocenters. The Bertz CT molecular complexity index is 556. The zero-order chi connectivity index (χ0) is 18.2. The summed E-state index contributed by atoms with van der Waals surface area (Å²) in [4.78, 5) is 30.4. The quantitative estimate of drug-likeness (QED) is 0.852. The summed E-state index contributed by atoms with van der Waals surface area (Å²) in [5, 5.41) is 3.06. The fourth-order valence-corrected chi connectivity index (χ4v) is 3.19. The summed E-state index contributed by atoms with van der Waals surface area (Å²) >= 11 is 0. The van der Waals surface area contributed by atoms with Crippen molar-refractivity contribution in [1.29, 1.82) is 0 Å². The Morgan fingerprint density at radius 3 is 2.36 bits per heavy atom. The normalized spacial score (nSPS) is 15.1. The minimum Gasteiger partial charge on any atom is -0.344 e. The molecule has 0 radical (unpaired) electrons. The van der Waals surface area contributed by atoms with Crippen LogP contribution >= 0.6 is 0 Å². The molecule has 1 aliphatic heterocycles. The molecule has 1 N–H and O–H groups in total. The van der Waals surface area contributed by atoms with Crippen molar-refractivity contribution >= 4 is 11.9 Å². The number of benzene rings is 1. The largest absolute Gasteiger partial charge is 0.344 e. The smallest absolute Gasteiger partial charge is 0.320 e. The standard InChI is InChI=1S/C19H30N4O2/c1-20-11-14-21(2)18(24)17-9-12-23(13-10-17)19(25)22(3)15-16-7-5-4-6-8-16/h4-8,17,20H,9-15H2,1-3H3. The molecule has 0 bridgehead atoms. The molecule has 1 saturated heterocycles. The minimum atomic E-state index is 0.0327. The van der Waals surface area contributed by atoms with Crippen LogP contribution in [-0.2, 0) is 11.3 Å². The highest BCUT2D eigenvalue weighted by atomic mass is 16.2. The lowest BCUT2D eigenvalue weighted by Gasteiger charge is -2.35. The molecular formula is C19H30N4O2. The Hall–Kier alpha value is -2.08. The third-order valence-corrected chi connectivity index (χ3v) is 4.78. The lowest BCUT2D eigenvalue weighted by atomic mass is 9.95. The van der Waals surface area contributed by atoms with Gasteiger partial charge in [-0.25, -0.2) is 4.79 Å². The van der Waals surface area contributed by atoms with Crippen molar-refractivity contribution in [2.24, 2.45) is 5.92 Å². The van der Waals surface area contributed by atoms with Crippen LogP contribution in [0, 0.1) is 5.92 Å². The van der Waals surface area contributed by atoms with Crippen LogP contribution in [0.3, 0.4) is 0 Å². The molecule has 1 fully saturated rings. The van der Waals surface area contributed by atoms with Crippen molar-refractivity contribution < 1.29 is 9.59 Å². The number of likely N-dealkylation sites (N-methyl/N-ethyl adjacent to an activating group) is 2.